The van der Waals surface area contributed by atoms with Crippen molar-refractivity contribution in [2.24, 2.45) is 0 Å². The van der Waals surface area contributed by atoms with Crippen LogP contribution >= 0.6 is 22.9 Å². The molecule has 0 aliphatic rings. The molecule has 0 unspecified atom stereocenters. The van der Waals surface area contributed by atoms with Crippen molar-refractivity contribution in [3.63, 3.8) is 0 Å². The third-order valence-corrected chi connectivity index (χ3v) is 7.22. The fourth-order valence-electron chi connectivity index (χ4n) is 2.75. The van der Waals surface area contributed by atoms with Gasteiger partial charge in [-0.2, -0.15) is 0 Å². The van der Waals surface area contributed by atoms with Gasteiger partial charge in [0.2, 0.25) is 0 Å². The van der Waals surface area contributed by atoms with Crippen molar-refractivity contribution < 1.29 is 17.6 Å². The minimum absolute atomic E-state index is 0.0916. The molecule has 4 aromatic rings. The number of halogens is 2. The summed E-state index contributed by atoms with van der Waals surface area (Å²) < 4.78 is 41.0. The van der Waals surface area contributed by atoms with Gasteiger partial charge in [-0.25, -0.2) is 27.3 Å². The number of hydrogen-bond donors (Lipinski definition) is 2. The summed E-state index contributed by atoms with van der Waals surface area (Å²) >= 11 is 6.55. The highest BCUT2D eigenvalue weighted by Gasteiger charge is 2.19. The van der Waals surface area contributed by atoms with Crippen LogP contribution in [-0.2, 0) is 10.0 Å². The van der Waals surface area contributed by atoms with Crippen molar-refractivity contribution in [2.45, 2.75) is 4.21 Å². The van der Waals surface area contributed by atoms with Crippen LogP contribution in [0.5, 0.6) is 0 Å². The quantitative estimate of drug-likeness (QED) is 0.464. The molecule has 2 N–H and O–H groups in total. The van der Waals surface area contributed by atoms with Gasteiger partial charge in [0.15, 0.2) is 0 Å². The number of benzene rings is 2. The van der Waals surface area contributed by atoms with Gasteiger partial charge in [-0.3, -0.25) is 9.36 Å². The lowest BCUT2D eigenvalue weighted by Crippen LogP contribution is -2.33. The maximum absolute atomic E-state index is 13.3. The van der Waals surface area contributed by atoms with Crippen molar-refractivity contribution in [2.75, 3.05) is 5.32 Å². The number of sulfonamides is 1. The zero-order valence-corrected chi connectivity index (χ0v) is 17.8. The lowest BCUT2D eigenvalue weighted by atomic mass is 10.2. The van der Waals surface area contributed by atoms with Crippen LogP contribution in [-0.4, -0.2) is 24.0 Å². The van der Waals surface area contributed by atoms with Gasteiger partial charge in [0, 0.05) is 11.8 Å². The first kappa shape index (κ1) is 21.0. The number of carbonyl (C=O) groups is 1. The van der Waals surface area contributed by atoms with Crippen LogP contribution in [0, 0.1) is 5.82 Å². The van der Waals surface area contributed by atoms with E-state index in [0.29, 0.717) is 11.4 Å². The van der Waals surface area contributed by atoms with Crippen molar-refractivity contribution in [3.05, 3.63) is 81.4 Å². The Kier molecular flexibility index (Phi) is 5.48. The SMILES string of the molecule is O=C(Nc1ccc(-n2cnc3cc(F)ccc3c2=O)cc1)NS(=O)(=O)c1ccc(Cl)s1. The van der Waals surface area contributed by atoms with Crippen LogP contribution in [0.1, 0.15) is 0 Å². The van der Waals surface area contributed by atoms with Crippen LogP contribution in [0.15, 0.2) is 69.9 Å². The van der Waals surface area contributed by atoms with E-state index in [1.807, 2.05) is 4.72 Å². The number of urea groups is 1. The van der Waals surface area contributed by atoms with E-state index in [-0.39, 0.29) is 25.0 Å². The van der Waals surface area contributed by atoms with Gasteiger partial charge in [-0.1, -0.05) is 11.6 Å². The second kappa shape index (κ2) is 8.10. The summed E-state index contributed by atoms with van der Waals surface area (Å²) in [6, 6.07) is 11.5. The van der Waals surface area contributed by atoms with Crippen LogP contribution in [0.3, 0.4) is 0 Å². The van der Waals surface area contributed by atoms with Gasteiger partial charge in [-0.15, -0.1) is 11.3 Å². The maximum Gasteiger partial charge on any atom is 0.333 e. The van der Waals surface area contributed by atoms with Crippen molar-refractivity contribution in [3.8, 4) is 5.69 Å². The zero-order chi connectivity index (χ0) is 22.2. The van der Waals surface area contributed by atoms with Gasteiger partial charge >= 0.3 is 6.03 Å². The molecule has 158 valence electrons. The molecule has 0 spiro atoms. The highest BCUT2D eigenvalue weighted by atomic mass is 35.5. The fourth-order valence-corrected chi connectivity index (χ4v) is 5.14. The highest BCUT2D eigenvalue weighted by molar-refractivity contribution is 7.92. The lowest BCUT2D eigenvalue weighted by molar-refractivity contribution is 0.256. The molecule has 31 heavy (non-hydrogen) atoms. The van der Waals surface area contributed by atoms with E-state index in [2.05, 4.69) is 10.3 Å². The number of amides is 2. The van der Waals surface area contributed by atoms with Crippen molar-refractivity contribution >= 4 is 55.6 Å². The van der Waals surface area contributed by atoms with E-state index in [1.54, 1.807) is 12.1 Å². The Labute approximate surface area is 184 Å². The smallest absolute Gasteiger partial charge is 0.307 e. The molecular formula is C19H12ClFN4O4S2. The molecule has 0 aliphatic carbocycles. The molecule has 0 radical (unpaired) electrons. The second-order valence-corrected chi connectivity index (χ2v) is 9.87. The molecule has 2 aromatic carbocycles. The van der Waals surface area contributed by atoms with E-state index < -0.39 is 21.9 Å². The first-order chi connectivity index (χ1) is 14.7. The second-order valence-electron chi connectivity index (χ2n) is 6.25. The number of nitrogens with zero attached hydrogens (tertiary/aromatic N) is 2. The van der Waals surface area contributed by atoms with E-state index in [0.717, 1.165) is 11.3 Å². The topological polar surface area (TPSA) is 110 Å². The fraction of sp³-hybridized carbons (Fsp3) is 0. The Morgan fingerprint density at radius 3 is 2.52 bits per heavy atom. The molecule has 8 nitrogen and oxygen atoms in total. The molecule has 2 amide bonds. The average molecular weight is 479 g/mol. The van der Waals surface area contributed by atoms with E-state index >= 15 is 0 Å². The monoisotopic (exact) mass is 478 g/mol. The van der Waals surface area contributed by atoms with E-state index in [1.165, 1.54) is 53.4 Å². The van der Waals surface area contributed by atoms with Gasteiger partial charge < -0.3 is 5.32 Å². The first-order valence-electron chi connectivity index (χ1n) is 8.59. The average Bonchev–Trinajstić information content (AvgIpc) is 3.16. The summed E-state index contributed by atoms with van der Waals surface area (Å²) in [5, 5.41) is 2.66. The number of anilines is 1. The number of rotatable bonds is 4. The summed E-state index contributed by atoms with van der Waals surface area (Å²) in [5.74, 6) is -0.491. The van der Waals surface area contributed by atoms with Crippen LogP contribution < -0.4 is 15.6 Å². The van der Waals surface area contributed by atoms with Crippen LogP contribution in [0.4, 0.5) is 14.9 Å². The Bertz CT molecular complexity index is 1470. The molecular weight excluding hydrogens is 467 g/mol. The van der Waals surface area contributed by atoms with Gasteiger partial charge in [0.25, 0.3) is 15.6 Å². The van der Waals surface area contributed by atoms with Crippen molar-refractivity contribution in [1.29, 1.82) is 0 Å². The summed E-state index contributed by atoms with van der Waals surface area (Å²) in [7, 11) is -4.05. The molecule has 0 saturated carbocycles. The number of hydrogen-bond acceptors (Lipinski definition) is 6. The Morgan fingerprint density at radius 2 is 1.84 bits per heavy atom. The summed E-state index contributed by atoms with van der Waals surface area (Å²) in [5.41, 5.74) is 0.605. The van der Waals surface area contributed by atoms with Crippen LogP contribution in [0.2, 0.25) is 4.34 Å². The highest BCUT2D eigenvalue weighted by Crippen LogP contribution is 2.25. The normalized spacial score (nSPS) is 11.4. The summed E-state index contributed by atoms with van der Waals surface area (Å²) in [6.45, 7) is 0. The predicted molar refractivity (Wildman–Crippen MR) is 116 cm³/mol. The zero-order valence-electron chi connectivity index (χ0n) is 15.4. The van der Waals surface area contributed by atoms with Gasteiger partial charge in [0.1, 0.15) is 16.4 Å². The molecule has 4 rings (SSSR count). The minimum atomic E-state index is -4.05. The molecule has 0 saturated heterocycles. The van der Waals surface area contributed by atoms with Gasteiger partial charge in [0.05, 0.1) is 20.9 Å². The van der Waals surface area contributed by atoms with Crippen LogP contribution in [0.25, 0.3) is 16.6 Å². The van der Waals surface area contributed by atoms with E-state index in [9.17, 15) is 22.4 Å². The number of thiophene rings is 1. The number of aromatic nitrogens is 2. The number of nitrogens with one attached hydrogen (secondary N) is 2. The molecule has 0 atom stereocenters. The number of carbonyl (C=O) groups excluding carboxylic acids is 1. The summed E-state index contributed by atoms with van der Waals surface area (Å²) in [4.78, 5) is 28.8. The molecule has 0 bridgehead atoms. The Hall–Kier alpha value is -3.28. The van der Waals surface area contributed by atoms with Crippen molar-refractivity contribution in [1.82, 2.24) is 14.3 Å². The Balaban J connectivity index is 1.52. The maximum atomic E-state index is 13.3. The summed E-state index contributed by atoms with van der Waals surface area (Å²) in [6.07, 6.45) is 1.28. The third-order valence-electron chi connectivity index (χ3n) is 4.17. The largest absolute Gasteiger partial charge is 0.333 e. The van der Waals surface area contributed by atoms with Gasteiger partial charge in [-0.05, 0) is 48.5 Å². The van der Waals surface area contributed by atoms with E-state index in [4.69, 9.17) is 11.6 Å². The first-order valence-corrected chi connectivity index (χ1v) is 11.3. The molecule has 0 fully saturated rings. The molecule has 0 aliphatic heterocycles. The Morgan fingerprint density at radius 1 is 1.10 bits per heavy atom. The number of fused-ring (bicyclic) bond motifs is 1. The predicted octanol–water partition coefficient (Wildman–Crippen LogP) is 3.75. The molecule has 12 heteroatoms. The minimum Gasteiger partial charge on any atom is -0.307 e. The third kappa shape index (κ3) is 4.43. The lowest BCUT2D eigenvalue weighted by Gasteiger charge is -2.10. The standard InChI is InChI=1S/C19H12ClFN4O4S2/c20-16-7-8-17(30-16)31(28,29)24-19(27)23-12-2-4-13(5-3-12)25-10-22-15-9-11(21)1-6-14(15)18(25)26/h1-10H,(H2,23,24,27). The molecule has 2 heterocycles. The molecule has 2 aromatic heterocycles.